The molecule has 3 aromatic rings. The van der Waals surface area contributed by atoms with Crippen LogP contribution in [-0.2, 0) is 13.0 Å². The summed E-state index contributed by atoms with van der Waals surface area (Å²) >= 11 is 0. The highest BCUT2D eigenvalue weighted by molar-refractivity contribution is 5.98. The van der Waals surface area contributed by atoms with Gasteiger partial charge in [0.1, 0.15) is 0 Å². The van der Waals surface area contributed by atoms with Crippen LogP contribution < -0.4 is 5.32 Å². The molecule has 0 fully saturated rings. The lowest BCUT2D eigenvalue weighted by Gasteiger charge is -2.18. The Kier molecular flexibility index (Phi) is 12.2. The average Bonchev–Trinajstić information content (AvgIpc) is 3.17. The van der Waals surface area contributed by atoms with Crippen molar-refractivity contribution in [3.63, 3.8) is 0 Å². The Hall–Kier alpha value is -2.08. The van der Waals surface area contributed by atoms with Gasteiger partial charge in [0.15, 0.2) is 0 Å². The molecule has 0 atom stereocenters. The Balaban J connectivity index is 0.00000240. The average molecular weight is 465 g/mol. The third-order valence-electron chi connectivity index (χ3n) is 5.42. The first kappa shape index (κ1) is 27.0. The summed E-state index contributed by atoms with van der Waals surface area (Å²) in [5, 5.41) is 4.67. The van der Waals surface area contributed by atoms with Crippen LogP contribution in [0.5, 0.6) is 0 Å². The van der Waals surface area contributed by atoms with Gasteiger partial charge in [-0.1, -0.05) is 0 Å². The minimum Gasteiger partial charge on any atom is -0.346 e. The van der Waals surface area contributed by atoms with E-state index >= 15 is 0 Å². The number of halogens is 2. The zero-order chi connectivity index (χ0) is 20.5. The molecule has 0 aliphatic heterocycles. The van der Waals surface area contributed by atoms with Gasteiger partial charge < -0.3 is 14.8 Å². The highest BCUT2D eigenvalue weighted by Crippen LogP contribution is 2.19. The topological polar surface area (TPSA) is 50.2 Å². The molecule has 31 heavy (non-hydrogen) atoms. The van der Waals surface area contributed by atoms with E-state index in [9.17, 15) is 4.79 Å². The molecule has 2 aromatic heterocycles. The van der Waals surface area contributed by atoms with Gasteiger partial charge in [0.05, 0.1) is 0 Å². The molecular formula is C24H34Cl2N4O. The van der Waals surface area contributed by atoms with E-state index < -0.39 is 0 Å². The fourth-order valence-corrected chi connectivity index (χ4v) is 3.67. The van der Waals surface area contributed by atoms with Crippen molar-refractivity contribution < 1.29 is 4.79 Å². The van der Waals surface area contributed by atoms with Gasteiger partial charge in [0.2, 0.25) is 0 Å². The summed E-state index contributed by atoms with van der Waals surface area (Å²) in [5.41, 5.74) is 3.31. The number of carbonyl (C=O) groups excluding carboxylic acids is 1. The molecule has 0 spiro atoms. The number of aryl methyl sites for hydroxylation is 1. The summed E-state index contributed by atoms with van der Waals surface area (Å²) in [6.45, 7) is 8.42. The Morgan fingerprint density at radius 1 is 1.00 bits per heavy atom. The van der Waals surface area contributed by atoms with Gasteiger partial charge in [-0.3, -0.25) is 9.78 Å². The number of nitrogens with zero attached hydrogens (tertiary/aromatic N) is 3. The van der Waals surface area contributed by atoms with Crippen molar-refractivity contribution in [3.05, 3.63) is 66.1 Å². The maximum atomic E-state index is 12.6. The maximum absolute atomic E-state index is 12.6. The first-order valence-electron chi connectivity index (χ1n) is 10.7. The highest BCUT2D eigenvalue weighted by Gasteiger charge is 2.13. The minimum atomic E-state index is 0. The number of pyridine rings is 1. The van der Waals surface area contributed by atoms with Gasteiger partial charge in [-0.15, -0.1) is 24.8 Å². The van der Waals surface area contributed by atoms with E-state index in [0.717, 1.165) is 50.1 Å². The molecule has 1 aromatic carbocycles. The number of nitrogens with one attached hydrogen (secondary N) is 1. The zero-order valence-corrected chi connectivity index (χ0v) is 20.1. The van der Waals surface area contributed by atoms with Gasteiger partial charge in [-0.25, -0.2) is 0 Å². The van der Waals surface area contributed by atoms with E-state index in [1.807, 2.05) is 43.3 Å². The number of rotatable bonds is 11. The Morgan fingerprint density at radius 2 is 1.74 bits per heavy atom. The lowest BCUT2D eigenvalue weighted by Crippen LogP contribution is -2.30. The monoisotopic (exact) mass is 464 g/mol. The lowest BCUT2D eigenvalue weighted by atomic mass is 10.1. The summed E-state index contributed by atoms with van der Waals surface area (Å²) in [6.07, 6.45) is 9.30. The van der Waals surface area contributed by atoms with Crippen LogP contribution in [0.25, 0.3) is 10.9 Å². The van der Waals surface area contributed by atoms with E-state index in [1.165, 1.54) is 23.9 Å². The number of hydrogen-bond acceptors (Lipinski definition) is 3. The summed E-state index contributed by atoms with van der Waals surface area (Å²) in [5.74, 6) is 0.109. The van der Waals surface area contributed by atoms with E-state index in [0.29, 0.717) is 0 Å². The minimum absolute atomic E-state index is 0. The molecule has 0 unspecified atom stereocenters. The van der Waals surface area contributed by atoms with Crippen molar-refractivity contribution in [1.82, 2.24) is 19.8 Å². The first-order chi connectivity index (χ1) is 14.2. The molecular weight excluding hydrogens is 431 g/mol. The molecule has 2 heterocycles. The van der Waals surface area contributed by atoms with Crippen LogP contribution in [0.4, 0.5) is 0 Å². The van der Waals surface area contributed by atoms with Crippen LogP contribution in [0.15, 0.2) is 55.0 Å². The molecule has 0 bridgehead atoms. The van der Waals surface area contributed by atoms with Crippen molar-refractivity contribution in [2.75, 3.05) is 26.2 Å². The second-order valence-corrected chi connectivity index (χ2v) is 7.32. The number of unbranched alkanes of at least 4 members (excludes halogenated alkanes) is 1. The first-order valence-corrected chi connectivity index (χ1v) is 10.7. The van der Waals surface area contributed by atoms with E-state index in [1.54, 1.807) is 0 Å². The number of amides is 1. The van der Waals surface area contributed by atoms with Gasteiger partial charge in [0, 0.05) is 61.2 Å². The molecule has 170 valence electrons. The van der Waals surface area contributed by atoms with Crippen LogP contribution in [0.1, 0.15) is 42.6 Å². The largest absolute Gasteiger partial charge is 0.346 e. The molecule has 0 radical (unpaired) electrons. The summed E-state index contributed by atoms with van der Waals surface area (Å²) in [7, 11) is 0. The molecule has 0 saturated heterocycles. The van der Waals surface area contributed by atoms with Crippen LogP contribution >= 0.6 is 24.8 Å². The van der Waals surface area contributed by atoms with Crippen molar-refractivity contribution in [1.29, 1.82) is 0 Å². The summed E-state index contributed by atoms with van der Waals surface area (Å²) in [4.78, 5) is 18.5. The Labute approximate surface area is 198 Å². The number of hydrogen-bond donors (Lipinski definition) is 1. The second kappa shape index (κ2) is 14.1. The second-order valence-electron chi connectivity index (χ2n) is 7.32. The van der Waals surface area contributed by atoms with Crippen LogP contribution in [0.3, 0.4) is 0 Å². The molecule has 1 N–H and O–H groups in total. The molecule has 1 amide bonds. The van der Waals surface area contributed by atoms with E-state index in [4.69, 9.17) is 0 Å². The lowest BCUT2D eigenvalue weighted by molar-refractivity contribution is 0.0773. The summed E-state index contributed by atoms with van der Waals surface area (Å²) in [6, 6.07) is 12.3. The predicted octanol–water partition coefficient (Wildman–Crippen LogP) is 4.97. The highest BCUT2D eigenvalue weighted by atomic mass is 35.5. The normalized spacial score (nSPS) is 10.4. The van der Waals surface area contributed by atoms with Gasteiger partial charge in [-0.2, -0.15) is 0 Å². The Bertz CT molecular complexity index is 910. The molecule has 5 nitrogen and oxygen atoms in total. The standard InChI is InChI=1S/C24H32N4O.2ClH/c1-3-27(4-2)24(29)22-8-9-23-21(19-22)12-17-28(23)18-16-25-13-6-5-7-20-10-14-26-15-11-20;;/h8-12,14-15,17,19,25H,3-7,13,16,18H2,1-2H3;2*1H. The number of carbonyl (C=O) groups is 1. The molecule has 3 rings (SSSR count). The van der Waals surface area contributed by atoms with Crippen LogP contribution in [0.2, 0.25) is 0 Å². The third-order valence-corrected chi connectivity index (χ3v) is 5.42. The molecule has 7 heteroatoms. The Morgan fingerprint density at radius 3 is 2.45 bits per heavy atom. The van der Waals surface area contributed by atoms with Crippen LogP contribution in [0, 0.1) is 0 Å². The fraction of sp³-hybridized carbons (Fsp3) is 0.417. The SMILES string of the molecule is CCN(CC)C(=O)c1ccc2c(ccn2CCNCCCCc2ccncc2)c1.Cl.Cl. The van der Waals surface area contributed by atoms with Crippen molar-refractivity contribution >= 4 is 41.6 Å². The third kappa shape index (κ3) is 7.53. The fourth-order valence-electron chi connectivity index (χ4n) is 3.67. The smallest absolute Gasteiger partial charge is 0.253 e. The molecule has 0 aliphatic rings. The quantitative estimate of drug-likeness (QED) is 0.407. The van der Waals surface area contributed by atoms with E-state index in [-0.39, 0.29) is 30.7 Å². The molecule has 0 aliphatic carbocycles. The van der Waals surface area contributed by atoms with Gasteiger partial charge in [-0.05, 0) is 81.6 Å². The van der Waals surface area contributed by atoms with Crippen molar-refractivity contribution in [2.24, 2.45) is 0 Å². The summed E-state index contributed by atoms with van der Waals surface area (Å²) < 4.78 is 2.25. The predicted molar refractivity (Wildman–Crippen MR) is 134 cm³/mol. The molecule has 0 saturated carbocycles. The van der Waals surface area contributed by atoms with Gasteiger partial charge >= 0.3 is 0 Å². The number of fused-ring (bicyclic) bond motifs is 1. The van der Waals surface area contributed by atoms with E-state index in [2.05, 4.69) is 45.3 Å². The zero-order valence-electron chi connectivity index (χ0n) is 18.4. The van der Waals surface area contributed by atoms with Crippen molar-refractivity contribution in [3.8, 4) is 0 Å². The van der Waals surface area contributed by atoms with Gasteiger partial charge in [0.25, 0.3) is 5.91 Å². The van der Waals surface area contributed by atoms with Crippen molar-refractivity contribution in [2.45, 2.75) is 39.7 Å². The number of benzene rings is 1. The maximum Gasteiger partial charge on any atom is 0.253 e. The van der Waals surface area contributed by atoms with Crippen LogP contribution in [-0.4, -0.2) is 46.5 Å². The number of aromatic nitrogens is 2.